The number of nitrogens with zero attached hydrogens (tertiary/aromatic N) is 2. The van der Waals surface area contributed by atoms with Gasteiger partial charge < -0.3 is 19.2 Å². The van der Waals surface area contributed by atoms with Gasteiger partial charge in [0, 0.05) is 48.8 Å². The van der Waals surface area contributed by atoms with Crippen LogP contribution in [0.1, 0.15) is 28.4 Å². The van der Waals surface area contributed by atoms with Crippen LogP contribution in [0.25, 0.3) is 10.9 Å². The van der Waals surface area contributed by atoms with Gasteiger partial charge in [-0.1, -0.05) is 25.1 Å². The van der Waals surface area contributed by atoms with Crippen molar-refractivity contribution in [3.8, 4) is 0 Å². The predicted molar refractivity (Wildman–Crippen MR) is 113 cm³/mol. The van der Waals surface area contributed by atoms with E-state index >= 15 is 0 Å². The van der Waals surface area contributed by atoms with Gasteiger partial charge in [-0.15, -0.1) is 0 Å². The summed E-state index contributed by atoms with van der Waals surface area (Å²) >= 11 is 0. The highest BCUT2D eigenvalue weighted by atomic mass is 16.5. The zero-order valence-corrected chi connectivity index (χ0v) is 17.2. The maximum Gasteiger partial charge on any atom is 0.263 e. The molecule has 6 nitrogen and oxygen atoms in total. The van der Waals surface area contributed by atoms with Crippen molar-refractivity contribution < 1.29 is 9.53 Å². The number of para-hydroxylation sites is 1. The highest BCUT2D eigenvalue weighted by Gasteiger charge is 2.36. The molecule has 1 saturated heterocycles. The fourth-order valence-electron chi connectivity index (χ4n) is 4.06. The number of amides is 1. The Morgan fingerprint density at radius 2 is 2.03 bits per heavy atom. The topological polar surface area (TPSA) is 67.3 Å². The number of hydrogen-bond donors (Lipinski definition) is 1. The summed E-state index contributed by atoms with van der Waals surface area (Å²) in [5, 5.41) is 1.17. The quantitative estimate of drug-likeness (QED) is 0.700. The molecule has 0 aliphatic carbocycles. The third-order valence-electron chi connectivity index (χ3n) is 5.75. The second-order valence-corrected chi connectivity index (χ2v) is 8.45. The van der Waals surface area contributed by atoms with Gasteiger partial charge in [0.2, 0.25) is 0 Å². The molecule has 0 unspecified atom stereocenters. The van der Waals surface area contributed by atoms with E-state index in [1.807, 2.05) is 37.4 Å². The number of H-pyrrole nitrogens is 1. The average Bonchev–Trinajstić information content (AvgIpc) is 3.09. The van der Waals surface area contributed by atoms with E-state index < -0.39 is 0 Å². The predicted octanol–water partition coefficient (Wildman–Crippen LogP) is 2.99. The van der Waals surface area contributed by atoms with Crippen LogP contribution in [0.3, 0.4) is 0 Å². The van der Waals surface area contributed by atoms with Crippen LogP contribution in [-0.4, -0.2) is 47.2 Å². The molecule has 1 fully saturated rings. The first-order valence-electron chi connectivity index (χ1n) is 9.96. The average molecular weight is 393 g/mol. The van der Waals surface area contributed by atoms with Crippen LogP contribution in [-0.2, 0) is 17.7 Å². The number of fused-ring (bicyclic) bond motifs is 1. The number of pyridine rings is 1. The maximum absolute atomic E-state index is 13.1. The van der Waals surface area contributed by atoms with Crippen molar-refractivity contribution in [2.24, 2.45) is 5.41 Å². The number of hydrogen-bond acceptors (Lipinski definition) is 3. The Labute approximate surface area is 170 Å². The van der Waals surface area contributed by atoms with E-state index in [0.29, 0.717) is 38.3 Å². The molecule has 1 amide bonds. The minimum Gasteiger partial charge on any atom is -0.380 e. The largest absolute Gasteiger partial charge is 0.380 e. The normalized spacial score (nSPS) is 15.3. The molecule has 0 spiro atoms. The van der Waals surface area contributed by atoms with Gasteiger partial charge in [0.05, 0.1) is 13.2 Å². The van der Waals surface area contributed by atoms with Gasteiger partial charge in [0.15, 0.2) is 0 Å². The number of carbonyl (C=O) groups is 1. The van der Waals surface area contributed by atoms with Gasteiger partial charge in [-0.25, -0.2) is 0 Å². The number of ether oxygens (including phenoxy) is 1. The molecule has 152 valence electrons. The van der Waals surface area contributed by atoms with Gasteiger partial charge in [0.1, 0.15) is 5.56 Å². The Morgan fingerprint density at radius 1 is 1.28 bits per heavy atom. The number of nitrogens with one attached hydrogen (secondary N) is 1. The van der Waals surface area contributed by atoms with Gasteiger partial charge >= 0.3 is 0 Å². The van der Waals surface area contributed by atoms with Crippen LogP contribution in [0.4, 0.5) is 0 Å². The van der Waals surface area contributed by atoms with Crippen molar-refractivity contribution in [2.75, 3.05) is 26.8 Å². The molecule has 4 rings (SSSR count). The maximum atomic E-state index is 13.1. The lowest BCUT2D eigenvalue weighted by Crippen LogP contribution is -2.50. The van der Waals surface area contributed by atoms with Crippen LogP contribution in [0.5, 0.6) is 0 Å². The zero-order chi connectivity index (χ0) is 20.6. The fourth-order valence-corrected chi connectivity index (χ4v) is 4.06. The lowest BCUT2D eigenvalue weighted by molar-refractivity contribution is -0.109. The molecule has 0 saturated carbocycles. The molecular formula is C23H27N3O3. The SMILES string of the molecule is Cc1ccn(CCc2c[nH]c3ccccc23)c(=O)c1C(=O)N(C)CC1(C)COC1. The third-order valence-corrected chi connectivity index (χ3v) is 5.75. The van der Waals surface area contributed by atoms with Crippen LogP contribution in [0.2, 0.25) is 0 Å². The monoisotopic (exact) mass is 393 g/mol. The summed E-state index contributed by atoms with van der Waals surface area (Å²) in [6.45, 7) is 6.31. The molecule has 0 radical (unpaired) electrons. The molecule has 2 aromatic heterocycles. The van der Waals surface area contributed by atoms with E-state index in [1.165, 1.54) is 5.39 Å². The first-order valence-corrected chi connectivity index (χ1v) is 9.96. The molecule has 3 heterocycles. The number of aromatic amines is 1. The van der Waals surface area contributed by atoms with E-state index in [2.05, 4.69) is 18.0 Å². The van der Waals surface area contributed by atoms with Crippen LogP contribution < -0.4 is 5.56 Å². The number of aromatic nitrogens is 2. The summed E-state index contributed by atoms with van der Waals surface area (Å²) in [6.07, 6.45) is 4.49. The van der Waals surface area contributed by atoms with Crippen molar-refractivity contribution >= 4 is 16.8 Å². The summed E-state index contributed by atoms with van der Waals surface area (Å²) in [6, 6.07) is 9.98. The van der Waals surface area contributed by atoms with Crippen LogP contribution in [0, 0.1) is 12.3 Å². The van der Waals surface area contributed by atoms with E-state index in [9.17, 15) is 9.59 Å². The Kier molecular flexibility index (Phi) is 5.04. The Hall–Kier alpha value is -2.86. The Bertz CT molecular complexity index is 1110. The molecule has 1 aliphatic heterocycles. The van der Waals surface area contributed by atoms with E-state index in [1.54, 1.807) is 22.7 Å². The highest BCUT2D eigenvalue weighted by molar-refractivity contribution is 5.95. The minimum atomic E-state index is -0.225. The summed E-state index contributed by atoms with van der Waals surface area (Å²) in [5.41, 5.74) is 2.97. The molecule has 1 aliphatic rings. The first-order chi connectivity index (χ1) is 13.9. The van der Waals surface area contributed by atoms with Crippen molar-refractivity contribution in [3.63, 3.8) is 0 Å². The first kappa shape index (κ1) is 19.5. The third kappa shape index (κ3) is 3.72. The molecule has 6 heteroatoms. The molecular weight excluding hydrogens is 366 g/mol. The van der Waals surface area contributed by atoms with Gasteiger partial charge in [-0.3, -0.25) is 9.59 Å². The van der Waals surface area contributed by atoms with Crippen LogP contribution >= 0.6 is 0 Å². The second-order valence-electron chi connectivity index (χ2n) is 8.45. The Morgan fingerprint density at radius 3 is 2.76 bits per heavy atom. The van der Waals surface area contributed by atoms with Crippen molar-refractivity contribution in [3.05, 3.63) is 69.8 Å². The second kappa shape index (κ2) is 7.52. The minimum absolute atomic E-state index is 0.0263. The fraction of sp³-hybridized carbons (Fsp3) is 0.391. The van der Waals surface area contributed by atoms with Crippen molar-refractivity contribution in [1.82, 2.24) is 14.5 Å². The zero-order valence-electron chi connectivity index (χ0n) is 17.2. The summed E-state index contributed by atoms with van der Waals surface area (Å²) < 4.78 is 6.93. The number of rotatable bonds is 6. The van der Waals surface area contributed by atoms with E-state index in [0.717, 1.165) is 11.1 Å². The molecule has 1 N–H and O–H groups in total. The molecule has 29 heavy (non-hydrogen) atoms. The van der Waals surface area contributed by atoms with E-state index in [-0.39, 0.29) is 22.4 Å². The van der Waals surface area contributed by atoms with Gasteiger partial charge in [-0.2, -0.15) is 0 Å². The molecule has 0 bridgehead atoms. The molecule has 3 aromatic rings. The lowest BCUT2D eigenvalue weighted by Gasteiger charge is -2.40. The lowest BCUT2D eigenvalue weighted by atomic mass is 9.88. The van der Waals surface area contributed by atoms with Crippen molar-refractivity contribution in [1.29, 1.82) is 0 Å². The van der Waals surface area contributed by atoms with Gasteiger partial charge in [-0.05, 0) is 36.6 Å². The highest BCUT2D eigenvalue weighted by Crippen LogP contribution is 2.27. The number of carbonyl (C=O) groups excluding carboxylic acids is 1. The number of aryl methyl sites for hydroxylation is 3. The van der Waals surface area contributed by atoms with E-state index in [4.69, 9.17) is 4.74 Å². The summed E-state index contributed by atoms with van der Waals surface area (Å²) in [5.74, 6) is -0.220. The molecule has 1 aromatic carbocycles. The smallest absolute Gasteiger partial charge is 0.263 e. The Balaban J connectivity index is 1.55. The van der Waals surface area contributed by atoms with Gasteiger partial charge in [0.25, 0.3) is 11.5 Å². The van der Waals surface area contributed by atoms with Crippen molar-refractivity contribution in [2.45, 2.75) is 26.8 Å². The summed E-state index contributed by atoms with van der Waals surface area (Å²) in [4.78, 5) is 31.0. The standard InChI is InChI=1S/C23H27N3O3/c1-16-8-10-26(11-9-17-12-24-19-7-5-4-6-18(17)19)22(28)20(16)21(27)25(3)13-23(2)14-29-15-23/h4-8,10,12,24H,9,11,13-15H2,1-3H3. The molecule has 0 atom stereocenters. The van der Waals surface area contributed by atoms with Crippen LogP contribution in [0.15, 0.2) is 47.5 Å². The number of benzene rings is 1. The summed E-state index contributed by atoms with van der Waals surface area (Å²) in [7, 11) is 1.76.